The van der Waals surface area contributed by atoms with Gasteiger partial charge in [-0.2, -0.15) is 0 Å². The first-order chi connectivity index (χ1) is 16.5. The second-order valence-corrected chi connectivity index (χ2v) is 9.21. The van der Waals surface area contributed by atoms with Gasteiger partial charge in [-0.3, -0.25) is 14.6 Å². The minimum absolute atomic E-state index is 0.0126. The van der Waals surface area contributed by atoms with Crippen LogP contribution < -0.4 is 5.32 Å². The van der Waals surface area contributed by atoms with Crippen molar-refractivity contribution in [3.05, 3.63) is 89.6 Å². The van der Waals surface area contributed by atoms with E-state index in [0.29, 0.717) is 31.5 Å². The summed E-state index contributed by atoms with van der Waals surface area (Å²) in [6.45, 7) is 5.26. The van der Waals surface area contributed by atoms with Crippen LogP contribution in [0.3, 0.4) is 0 Å². The Kier molecular flexibility index (Phi) is 7.73. The van der Waals surface area contributed by atoms with E-state index in [-0.39, 0.29) is 23.8 Å². The topological polar surface area (TPSA) is 62.3 Å². The number of rotatable bonds is 7. The number of carbonyl (C=O) groups is 2. The monoisotopic (exact) mass is 455 g/mol. The van der Waals surface area contributed by atoms with Gasteiger partial charge in [0.15, 0.2) is 0 Å². The third kappa shape index (κ3) is 5.71. The van der Waals surface area contributed by atoms with Crippen molar-refractivity contribution in [2.75, 3.05) is 13.1 Å². The van der Waals surface area contributed by atoms with Crippen LogP contribution in [-0.2, 0) is 11.2 Å². The Morgan fingerprint density at radius 3 is 2.44 bits per heavy atom. The molecule has 1 aliphatic heterocycles. The van der Waals surface area contributed by atoms with E-state index in [2.05, 4.69) is 29.4 Å². The van der Waals surface area contributed by atoms with Crippen molar-refractivity contribution in [2.45, 2.75) is 45.6 Å². The van der Waals surface area contributed by atoms with Gasteiger partial charge in [-0.05, 0) is 62.8 Å². The number of amides is 2. The van der Waals surface area contributed by atoms with Crippen molar-refractivity contribution in [3.63, 3.8) is 0 Å². The molecule has 1 fully saturated rings. The fraction of sp³-hybridized carbons (Fsp3) is 0.345. The van der Waals surface area contributed by atoms with Gasteiger partial charge in [0.2, 0.25) is 5.91 Å². The molecule has 1 saturated heterocycles. The number of aryl methyl sites for hydroxylation is 2. The molecule has 0 saturated carbocycles. The van der Waals surface area contributed by atoms with Crippen LogP contribution in [-0.4, -0.2) is 40.8 Å². The van der Waals surface area contributed by atoms with E-state index in [1.165, 1.54) is 5.56 Å². The highest BCUT2D eigenvalue weighted by molar-refractivity contribution is 6.00. The summed E-state index contributed by atoms with van der Waals surface area (Å²) in [5, 5.41) is 3.18. The lowest BCUT2D eigenvalue weighted by Crippen LogP contribution is -2.45. The molecule has 1 aliphatic rings. The molecular formula is C29H33N3O2. The molecule has 1 aromatic heterocycles. The molecule has 2 amide bonds. The summed E-state index contributed by atoms with van der Waals surface area (Å²) in [5.74, 6) is 0.0454. The number of nitrogens with zero attached hydrogens (tertiary/aromatic N) is 2. The van der Waals surface area contributed by atoms with Gasteiger partial charge in [0.05, 0.1) is 11.3 Å². The number of nitrogens with one attached hydrogen (secondary N) is 1. The van der Waals surface area contributed by atoms with Crippen molar-refractivity contribution in [1.29, 1.82) is 0 Å². The Morgan fingerprint density at radius 1 is 1.00 bits per heavy atom. The molecule has 0 aliphatic carbocycles. The Labute approximate surface area is 202 Å². The highest BCUT2D eigenvalue weighted by atomic mass is 16.2. The minimum atomic E-state index is -0.0482. The van der Waals surface area contributed by atoms with E-state index in [0.717, 1.165) is 29.7 Å². The summed E-state index contributed by atoms with van der Waals surface area (Å²) in [4.78, 5) is 32.6. The number of hydrogen-bond donors (Lipinski definition) is 1. The fourth-order valence-electron chi connectivity index (χ4n) is 4.61. The maximum atomic E-state index is 13.4. The first-order valence-corrected chi connectivity index (χ1v) is 12.2. The van der Waals surface area contributed by atoms with Crippen molar-refractivity contribution in [2.24, 2.45) is 5.92 Å². The van der Waals surface area contributed by atoms with Gasteiger partial charge in [0.1, 0.15) is 0 Å². The number of aromatic nitrogens is 1. The Hall–Kier alpha value is -3.47. The molecule has 1 N–H and O–H groups in total. The highest BCUT2D eigenvalue weighted by Gasteiger charge is 2.29. The van der Waals surface area contributed by atoms with Gasteiger partial charge in [0, 0.05) is 36.8 Å². The van der Waals surface area contributed by atoms with Gasteiger partial charge >= 0.3 is 0 Å². The zero-order chi connectivity index (χ0) is 23.9. The Morgan fingerprint density at radius 2 is 1.71 bits per heavy atom. The summed E-state index contributed by atoms with van der Waals surface area (Å²) in [6.07, 6.45) is 4.96. The number of piperidine rings is 1. The van der Waals surface area contributed by atoms with Crippen molar-refractivity contribution in [3.8, 4) is 11.3 Å². The quantitative estimate of drug-likeness (QED) is 0.542. The molecule has 2 aromatic carbocycles. The van der Waals surface area contributed by atoms with Crippen molar-refractivity contribution >= 4 is 11.8 Å². The van der Waals surface area contributed by atoms with Crippen molar-refractivity contribution in [1.82, 2.24) is 15.2 Å². The second kappa shape index (κ2) is 11.1. The summed E-state index contributed by atoms with van der Waals surface area (Å²) in [7, 11) is 0. The van der Waals surface area contributed by atoms with Crippen LogP contribution in [0.2, 0.25) is 0 Å². The van der Waals surface area contributed by atoms with Gasteiger partial charge < -0.3 is 10.2 Å². The van der Waals surface area contributed by atoms with Crippen LogP contribution in [0.1, 0.15) is 47.7 Å². The molecule has 0 bridgehead atoms. The first kappa shape index (κ1) is 23.7. The number of hydrogen-bond acceptors (Lipinski definition) is 3. The molecule has 5 nitrogen and oxygen atoms in total. The summed E-state index contributed by atoms with van der Waals surface area (Å²) in [5.41, 5.74) is 4.69. The van der Waals surface area contributed by atoms with Crippen LogP contribution >= 0.6 is 0 Å². The second-order valence-electron chi connectivity index (χ2n) is 9.21. The maximum absolute atomic E-state index is 13.4. The number of carbonyl (C=O) groups excluding carboxylic acids is 2. The van der Waals surface area contributed by atoms with Crippen LogP contribution in [0.5, 0.6) is 0 Å². The standard InChI is InChI=1S/C29H33N3O2/c1-21-9-6-7-12-25(21)27-26(13-8-18-30-27)29(34)32-19-16-24(17-20-32)28(33)31-22(2)14-15-23-10-4-3-5-11-23/h3-13,18,22,24H,14-17,19-20H2,1-2H3,(H,31,33)/t22-/m1/s1. The Bertz CT molecular complexity index is 1120. The molecule has 2 heterocycles. The van der Waals surface area contributed by atoms with E-state index < -0.39 is 0 Å². The lowest BCUT2D eigenvalue weighted by molar-refractivity contribution is -0.126. The van der Waals surface area contributed by atoms with Crippen LogP contribution in [0, 0.1) is 12.8 Å². The van der Waals surface area contributed by atoms with Crippen LogP contribution in [0.25, 0.3) is 11.3 Å². The van der Waals surface area contributed by atoms with Gasteiger partial charge in [0.25, 0.3) is 5.91 Å². The normalized spacial score (nSPS) is 15.1. The SMILES string of the molecule is Cc1ccccc1-c1ncccc1C(=O)N1CCC(C(=O)N[C@H](C)CCc2ccccc2)CC1. The molecule has 34 heavy (non-hydrogen) atoms. The molecule has 0 spiro atoms. The Balaban J connectivity index is 1.32. The van der Waals surface area contributed by atoms with Crippen LogP contribution in [0.4, 0.5) is 0 Å². The molecule has 4 rings (SSSR count). The zero-order valence-electron chi connectivity index (χ0n) is 20.0. The molecule has 176 valence electrons. The average Bonchev–Trinajstić information content (AvgIpc) is 2.88. The third-order valence-electron chi connectivity index (χ3n) is 6.69. The molecular weight excluding hydrogens is 422 g/mol. The average molecular weight is 456 g/mol. The predicted octanol–water partition coefficient (Wildman–Crippen LogP) is 5.05. The fourth-order valence-corrected chi connectivity index (χ4v) is 4.61. The number of benzene rings is 2. The van der Waals surface area contributed by atoms with Gasteiger partial charge in [-0.25, -0.2) is 0 Å². The number of pyridine rings is 1. The number of likely N-dealkylation sites (tertiary alicyclic amines) is 1. The van der Waals surface area contributed by atoms with E-state index in [9.17, 15) is 9.59 Å². The largest absolute Gasteiger partial charge is 0.353 e. The molecule has 1 atom stereocenters. The summed E-state index contributed by atoms with van der Waals surface area (Å²) < 4.78 is 0. The maximum Gasteiger partial charge on any atom is 0.256 e. The third-order valence-corrected chi connectivity index (χ3v) is 6.69. The van der Waals surface area contributed by atoms with E-state index in [1.807, 2.05) is 66.4 Å². The zero-order valence-corrected chi connectivity index (χ0v) is 20.0. The molecule has 3 aromatic rings. The molecule has 5 heteroatoms. The van der Waals surface area contributed by atoms with E-state index >= 15 is 0 Å². The molecule has 0 unspecified atom stereocenters. The van der Waals surface area contributed by atoms with Gasteiger partial charge in [-0.15, -0.1) is 0 Å². The lowest BCUT2D eigenvalue weighted by atomic mass is 9.94. The van der Waals surface area contributed by atoms with E-state index in [4.69, 9.17) is 0 Å². The molecule has 0 radical (unpaired) electrons. The highest BCUT2D eigenvalue weighted by Crippen LogP contribution is 2.27. The smallest absolute Gasteiger partial charge is 0.256 e. The van der Waals surface area contributed by atoms with E-state index in [1.54, 1.807) is 6.20 Å². The lowest BCUT2D eigenvalue weighted by Gasteiger charge is -2.32. The van der Waals surface area contributed by atoms with Crippen molar-refractivity contribution < 1.29 is 9.59 Å². The van der Waals surface area contributed by atoms with Gasteiger partial charge in [-0.1, -0.05) is 54.6 Å². The minimum Gasteiger partial charge on any atom is -0.353 e. The summed E-state index contributed by atoms with van der Waals surface area (Å²) in [6, 6.07) is 22.1. The first-order valence-electron chi connectivity index (χ1n) is 12.2. The van der Waals surface area contributed by atoms with Crippen LogP contribution in [0.15, 0.2) is 72.9 Å². The predicted molar refractivity (Wildman–Crippen MR) is 135 cm³/mol. The summed E-state index contributed by atoms with van der Waals surface area (Å²) >= 11 is 0.